The SMILES string of the molecule is CC(C)C(N)C(=O)O[C@H]1C2=CC[C@@H]2[C@@H](C)/[SH](=O)=N\C(=O)c2ccc3c(c2)N(C[C@@H]2CC[C@H]21)C[C@@]1(CCCc2cc(Cl)ccc21)CO3. The Kier molecular flexibility index (Phi) is 8.47. The quantitative estimate of drug-likeness (QED) is 0.239. The summed E-state index contributed by atoms with van der Waals surface area (Å²) in [5.41, 5.74) is 10.8. The molecule has 10 heteroatoms. The number of amides is 1. The predicted octanol–water partition coefficient (Wildman–Crippen LogP) is 5.89. The van der Waals surface area contributed by atoms with E-state index in [0.717, 1.165) is 67.1 Å². The first-order chi connectivity index (χ1) is 22.0. The lowest BCUT2D eigenvalue weighted by molar-refractivity contribution is -0.156. The molecule has 0 saturated heterocycles. The van der Waals surface area contributed by atoms with Gasteiger partial charge in [-0.2, -0.15) is 4.36 Å². The summed E-state index contributed by atoms with van der Waals surface area (Å²) in [4.78, 5) is 29.2. The summed E-state index contributed by atoms with van der Waals surface area (Å²) in [6.07, 6.45) is 7.30. The minimum atomic E-state index is -2.20. The van der Waals surface area contributed by atoms with Crippen molar-refractivity contribution in [3.05, 3.63) is 69.8 Å². The number of carbonyl (C=O) groups is 2. The molecule has 5 aliphatic rings. The van der Waals surface area contributed by atoms with Crippen LogP contribution in [-0.4, -0.2) is 53.2 Å². The van der Waals surface area contributed by atoms with Crippen LogP contribution in [-0.2, 0) is 32.0 Å². The minimum Gasteiger partial charge on any atom is -0.490 e. The van der Waals surface area contributed by atoms with Gasteiger partial charge in [0, 0.05) is 56.8 Å². The van der Waals surface area contributed by atoms with Crippen LogP contribution >= 0.6 is 11.6 Å². The third kappa shape index (κ3) is 5.56. The van der Waals surface area contributed by atoms with E-state index in [2.05, 4.69) is 27.5 Å². The Morgan fingerprint density at radius 3 is 2.76 bits per heavy atom. The second kappa shape index (κ2) is 12.3. The van der Waals surface area contributed by atoms with Crippen LogP contribution in [0.2, 0.25) is 5.02 Å². The first kappa shape index (κ1) is 31.7. The maximum absolute atomic E-state index is 13.5. The molecule has 2 N–H and O–H groups in total. The van der Waals surface area contributed by atoms with Crippen LogP contribution in [0, 0.1) is 23.7 Å². The highest BCUT2D eigenvalue weighted by molar-refractivity contribution is 7.76. The number of halogens is 1. The fourth-order valence-corrected chi connectivity index (χ4v) is 9.49. The Morgan fingerprint density at radius 2 is 2.04 bits per heavy atom. The number of ether oxygens (including phenoxy) is 2. The zero-order chi connectivity index (χ0) is 32.3. The maximum atomic E-state index is 13.5. The third-order valence-electron chi connectivity index (χ3n) is 11.3. The van der Waals surface area contributed by atoms with Crippen LogP contribution in [0.1, 0.15) is 74.4 Å². The van der Waals surface area contributed by atoms with Gasteiger partial charge in [0.05, 0.1) is 12.3 Å². The zero-order valence-corrected chi connectivity index (χ0v) is 28.4. The number of nitrogens with two attached hydrogens (primary N) is 1. The molecule has 8 atom stereocenters. The van der Waals surface area contributed by atoms with Gasteiger partial charge in [0.2, 0.25) is 0 Å². The fraction of sp³-hybridized carbons (Fsp3) is 0.556. The number of benzene rings is 2. The second-order valence-electron chi connectivity index (χ2n) is 14.4. The Balaban J connectivity index is 1.31. The molecule has 246 valence electrons. The molecule has 2 aromatic rings. The molecule has 46 heavy (non-hydrogen) atoms. The summed E-state index contributed by atoms with van der Waals surface area (Å²) in [6.45, 7) is 7.68. The van der Waals surface area contributed by atoms with Crippen molar-refractivity contribution >= 4 is 39.8 Å². The van der Waals surface area contributed by atoms with E-state index in [1.807, 2.05) is 39.0 Å². The molecule has 1 spiro atoms. The zero-order valence-electron chi connectivity index (χ0n) is 26.8. The summed E-state index contributed by atoms with van der Waals surface area (Å²) >= 11 is 6.44. The lowest BCUT2D eigenvalue weighted by atomic mass is 9.64. The summed E-state index contributed by atoms with van der Waals surface area (Å²) in [6, 6.07) is 11.0. The monoisotopic (exact) mass is 665 g/mol. The van der Waals surface area contributed by atoms with Crippen molar-refractivity contribution in [2.45, 2.75) is 82.1 Å². The predicted molar refractivity (Wildman–Crippen MR) is 181 cm³/mol. The Labute approximate surface area is 278 Å². The average Bonchev–Trinajstić information content (AvgIpc) is 3.14. The van der Waals surface area contributed by atoms with E-state index in [0.29, 0.717) is 18.7 Å². The molecule has 1 fully saturated rings. The molecule has 3 aliphatic carbocycles. The van der Waals surface area contributed by atoms with Gasteiger partial charge in [0.15, 0.2) is 0 Å². The number of nitrogens with zero attached hydrogens (tertiary/aromatic N) is 2. The van der Waals surface area contributed by atoms with Gasteiger partial charge in [-0.15, -0.1) is 0 Å². The molecule has 0 radical (unpaired) electrons. The first-order valence-electron chi connectivity index (χ1n) is 16.7. The number of carbonyl (C=O) groups excluding carboxylic acids is 2. The normalized spacial score (nSPS) is 32.9. The molecule has 2 unspecified atom stereocenters. The van der Waals surface area contributed by atoms with Crippen LogP contribution in [0.25, 0.3) is 0 Å². The molecule has 2 aliphatic heterocycles. The van der Waals surface area contributed by atoms with Gasteiger partial charge in [-0.3, -0.25) is 13.8 Å². The second-order valence-corrected chi connectivity index (χ2v) is 16.5. The number of rotatable bonds is 3. The van der Waals surface area contributed by atoms with Crippen molar-refractivity contribution in [1.29, 1.82) is 0 Å². The van der Waals surface area contributed by atoms with Crippen LogP contribution in [0.3, 0.4) is 0 Å². The average molecular weight is 666 g/mol. The number of aryl methyl sites for hydroxylation is 1. The van der Waals surface area contributed by atoms with Gasteiger partial charge in [0.25, 0.3) is 5.91 Å². The minimum absolute atomic E-state index is 0.0557. The van der Waals surface area contributed by atoms with Crippen LogP contribution in [0.4, 0.5) is 5.69 Å². The highest BCUT2D eigenvalue weighted by atomic mass is 35.5. The van der Waals surface area contributed by atoms with E-state index in [1.165, 1.54) is 11.1 Å². The van der Waals surface area contributed by atoms with Crippen molar-refractivity contribution in [1.82, 2.24) is 0 Å². The number of fused-ring (bicyclic) bond motifs is 5. The van der Waals surface area contributed by atoms with Crippen LogP contribution in [0.15, 0.2) is 52.4 Å². The highest BCUT2D eigenvalue weighted by Gasteiger charge is 2.48. The summed E-state index contributed by atoms with van der Waals surface area (Å²) in [5.74, 6) is 0.0562. The largest absolute Gasteiger partial charge is 0.490 e. The number of thiol groups is 1. The maximum Gasteiger partial charge on any atom is 0.323 e. The topological polar surface area (TPSA) is 111 Å². The first-order valence-corrected chi connectivity index (χ1v) is 18.4. The van der Waals surface area contributed by atoms with Crippen LogP contribution in [0.5, 0.6) is 5.75 Å². The molecule has 0 aromatic heterocycles. The third-order valence-corrected chi connectivity index (χ3v) is 13.0. The smallest absolute Gasteiger partial charge is 0.323 e. The van der Waals surface area contributed by atoms with Gasteiger partial charge < -0.3 is 20.1 Å². The van der Waals surface area contributed by atoms with E-state index >= 15 is 0 Å². The van der Waals surface area contributed by atoms with E-state index in [9.17, 15) is 13.8 Å². The van der Waals surface area contributed by atoms with E-state index < -0.39 is 34.6 Å². The lowest BCUT2D eigenvalue weighted by Gasteiger charge is -2.48. The van der Waals surface area contributed by atoms with Gasteiger partial charge >= 0.3 is 5.97 Å². The lowest BCUT2D eigenvalue weighted by Crippen LogP contribution is -2.52. The van der Waals surface area contributed by atoms with Crippen molar-refractivity contribution in [3.8, 4) is 5.75 Å². The van der Waals surface area contributed by atoms with Crippen molar-refractivity contribution in [3.63, 3.8) is 0 Å². The molecule has 2 heterocycles. The van der Waals surface area contributed by atoms with Crippen LogP contribution < -0.4 is 15.4 Å². The number of hydrogen-bond donors (Lipinski definition) is 2. The molecule has 8 nitrogen and oxygen atoms in total. The molecule has 1 saturated carbocycles. The molecule has 7 rings (SSSR count). The van der Waals surface area contributed by atoms with Crippen molar-refractivity contribution in [2.75, 3.05) is 24.6 Å². The number of esters is 1. The van der Waals surface area contributed by atoms with Crippen molar-refractivity contribution in [2.24, 2.45) is 33.8 Å². The van der Waals surface area contributed by atoms with Gasteiger partial charge in [-0.25, -0.2) is 0 Å². The number of hydrogen-bond acceptors (Lipinski definition) is 7. The molecule has 2 bridgehead atoms. The standard InChI is InChI=1S/C36H44ClN3O5S/c1-20(2)32(38)35(42)45-33-27-9-6-24(27)17-40-18-36(14-4-5-22-15-25(37)8-12-29(22)36)19-44-31-13-7-23(16-30(31)40)34(41)39-46(43)21(3)26-10-11-28(26)33/h7-8,11-13,15-16,20-21,24,26-27,32-33,46H,4-6,9-10,14,17-19,38H2,1-3H3/t21-,24+,26-,27-,32?,33-,36+/m1/s1. The summed E-state index contributed by atoms with van der Waals surface area (Å²) in [7, 11) is -2.20. The van der Waals surface area contributed by atoms with Gasteiger partial charge in [0.1, 0.15) is 17.9 Å². The molecular weight excluding hydrogens is 622 g/mol. The Morgan fingerprint density at radius 1 is 1.22 bits per heavy atom. The number of allylic oxidation sites excluding steroid dienone is 1. The van der Waals surface area contributed by atoms with Gasteiger partial charge in [-0.1, -0.05) is 37.6 Å². The Bertz CT molecular complexity index is 1690. The highest BCUT2D eigenvalue weighted by Crippen LogP contribution is 2.49. The molecular formula is C36H44ClN3O5S. The molecule has 1 amide bonds. The van der Waals surface area contributed by atoms with Crippen molar-refractivity contribution < 1.29 is 23.3 Å². The number of anilines is 1. The van der Waals surface area contributed by atoms with E-state index in [1.54, 1.807) is 6.07 Å². The Hall–Kier alpha value is -2.88. The fourth-order valence-electron chi connectivity index (χ4n) is 8.21. The summed E-state index contributed by atoms with van der Waals surface area (Å²) in [5, 5.41) is 0.381. The van der Waals surface area contributed by atoms with Gasteiger partial charge in [-0.05, 0) is 104 Å². The summed E-state index contributed by atoms with van der Waals surface area (Å²) < 4.78 is 30.6. The molecule has 2 aromatic carbocycles. The van der Waals surface area contributed by atoms with E-state index in [4.69, 9.17) is 26.8 Å². The van der Waals surface area contributed by atoms with E-state index in [-0.39, 0.29) is 34.3 Å².